The normalized spacial score (nSPS) is 10.5. The van der Waals surface area contributed by atoms with E-state index < -0.39 is 0 Å². The lowest BCUT2D eigenvalue weighted by atomic mass is 10.2. The minimum Gasteiger partial charge on any atom is -0.396 e. The largest absolute Gasteiger partial charge is 0.396 e. The topological polar surface area (TPSA) is 77.0 Å². The SMILES string of the molecule is Nc1cnn(CCCCCCO)n1. The van der Waals surface area contributed by atoms with Crippen LogP contribution in [-0.4, -0.2) is 26.7 Å². The van der Waals surface area contributed by atoms with Gasteiger partial charge in [-0.05, 0) is 12.8 Å². The third-order valence-corrected chi connectivity index (χ3v) is 1.82. The molecule has 0 unspecified atom stereocenters. The highest BCUT2D eigenvalue weighted by atomic mass is 16.2. The molecule has 0 aliphatic rings. The lowest BCUT2D eigenvalue weighted by Crippen LogP contribution is -2.02. The summed E-state index contributed by atoms with van der Waals surface area (Å²) in [5.74, 6) is 0.468. The van der Waals surface area contributed by atoms with E-state index in [2.05, 4.69) is 10.2 Å². The van der Waals surface area contributed by atoms with Crippen molar-refractivity contribution in [2.75, 3.05) is 12.3 Å². The molecule has 0 bridgehead atoms. The summed E-state index contributed by atoms with van der Waals surface area (Å²) in [6, 6.07) is 0. The van der Waals surface area contributed by atoms with E-state index in [9.17, 15) is 0 Å². The first-order chi connectivity index (χ1) is 6.33. The van der Waals surface area contributed by atoms with Crippen LogP contribution in [0.15, 0.2) is 6.20 Å². The standard InChI is InChI=1S/C8H16N4O/c9-8-7-10-12(11-8)5-3-1-2-4-6-13/h7,13H,1-6H2,(H2,9,11). The first-order valence-corrected chi connectivity index (χ1v) is 4.59. The summed E-state index contributed by atoms with van der Waals surface area (Å²) in [6.45, 7) is 1.09. The van der Waals surface area contributed by atoms with Crippen molar-refractivity contribution in [2.24, 2.45) is 0 Å². The summed E-state index contributed by atoms with van der Waals surface area (Å²) in [6.07, 6.45) is 5.63. The number of aromatic nitrogens is 3. The van der Waals surface area contributed by atoms with Gasteiger partial charge in [-0.3, -0.25) is 0 Å². The molecule has 0 aliphatic carbocycles. The molecular formula is C8H16N4O. The second kappa shape index (κ2) is 5.53. The molecule has 0 saturated heterocycles. The van der Waals surface area contributed by atoms with Crippen molar-refractivity contribution in [2.45, 2.75) is 32.2 Å². The van der Waals surface area contributed by atoms with E-state index in [4.69, 9.17) is 10.8 Å². The molecule has 1 heterocycles. The molecular weight excluding hydrogens is 168 g/mol. The monoisotopic (exact) mass is 184 g/mol. The smallest absolute Gasteiger partial charge is 0.165 e. The Kier molecular flexibility index (Phi) is 4.25. The van der Waals surface area contributed by atoms with E-state index in [-0.39, 0.29) is 6.61 Å². The average molecular weight is 184 g/mol. The van der Waals surface area contributed by atoms with Crippen LogP contribution in [0.2, 0.25) is 0 Å². The number of nitrogens with zero attached hydrogens (tertiary/aromatic N) is 3. The number of nitrogen functional groups attached to an aromatic ring is 1. The maximum atomic E-state index is 8.54. The molecule has 0 amide bonds. The lowest BCUT2D eigenvalue weighted by molar-refractivity contribution is 0.281. The number of hydrogen-bond acceptors (Lipinski definition) is 4. The molecule has 0 atom stereocenters. The van der Waals surface area contributed by atoms with Crippen molar-refractivity contribution in [1.29, 1.82) is 0 Å². The summed E-state index contributed by atoms with van der Waals surface area (Å²) in [5.41, 5.74) is 5.40. The highest BCUT2D eigenvalue weighted by molar-refractivity contribution is 5.19. The quantitative estimate of drug-likeness (QED) is 0.628. The zero-order valence-corrected chi connectivity index (χ0v) is 7.69. The molecule has 0 spiro atoms. The summed E-state index contributed by atoms with van der Waals surface area (Å²) in [7, 11) is 0. The zero-order chi connectivity index (χ0) is 9.52. The fourth-order valence-electron chi connectivity index (χ4n) is 1.14. The third-order valence-electron chi connectivity index (χ3n) is 1.82. The summed E-state index contributed by atoms with van der Waals surface area (Å²) in [5, 5.41) is 16.5. The van der Waals surface area contributed by atoms with Gasteiger partial charge < -0.3 is 10.8 Å². The Morgan fingerprint density at radius 3 is 2.69 bits per heavy atom. The number of aryl methyl sites for hydroxylation is 1. The van der Waals surface area contributed by atoms with Gasteiger partial charge in [0.1, 0.15) is 0 Å². The maximum absolute atomic E-state index is 8.54. The number of rotatable bonds is 6. The Morgan fingerprint density at radius 1 is 1.31 bits per heavy atom. The number of aliphatic hydroxyl groups excluding tert-OH is 1. The van der Waals surface area contributed by atoms with Gasteiger partial charge in [0.25, 0.3) is 0 Å². The van der Waals surface area contributed by atoms with E-state index in [0.717, 1.165) is 32.2 Å². The summed E-state index contributed by atoms with van der Waals surface area (Å²) in [4.78, 5) is 1.61. The van der Waals surface area contributed by atoms with Crippen molar-refractivity contribution < 1.29 is 5.11 Å². The van der Waals surface area contributed by atoms with Crippen LogP contribution in [0.1, 0.15) is 25.7 Å². The van der Waals surface area contributed by atoms with Crippen molar-refractivity contribution >= 4 is 5.82 Å². The van der Waals surface area contributed by atoms with Gasteiger partial charge in [0.15, 0.2) is 5.82 Å². The summed E-state index contributed by atoms with van der Waals surface area (Å²) >= 11 is 0. The minimum atomic E-state index is 0.285. The molecule has 1 rings (SSSR count). The molecule has 74 valence electrons. The molecule has 0 aliphatic heterocycles. The first-order valence-electron chi connectivity index (χ1n) is 4.59. The second-order valence-electron chi connectivity index (χ2n) is 3.00. The van der Waals surface area contributed by atoms with Gasteiger partial charge in [0, 0.05) is 6.61 Å². The number of aliphatic hydroxyl groups is 1. The second-order valence-corrected chi connectivity index (χ2v) is 3.00. The minimum absolute atomic E-state index is 0.285. The van der Waals surface area contributed by atoms with E-state index in [1.54, 1.807) is 11.0 Å². The molecule has 0 radical (unpaired) electrons. The maximum Gasteiger partial charge on any atom is 0.165 e. The van der Waals surface area contributed by atoms with Crippen LogP contribution in [0.4, 0.5) is 5.82 Å². The van der Waals surface area contributed by atoms with Crippen LogP contribution >= 0.6 is 0 Å². The Morgan fingerprint density at radius 2 is 2.08 bits per heavy atom. The van der Waals surface area contributed by atoms with E-state index in [0.29, 0.717) is 5.82 Å². The van der Waals surface area contributed by atoms with Gasteiger partial charge in [-0.15, -0.1) is 5.10 Å². The van der Waals surface area contributed by atoms with Gasteiger partial charge in [-0.25, -0.2) is 0 Å². The Balaban J connectivity index is 2.06. The molecule has 5 nitrogen and oxygen atoms in total. The Labute approximate surface area is 77.6 Å². The van der Waals surface area contributed by atoms with Crippen LogP contribution < -0.4 is 5.73 Å². The fraction of sp³-hybridized carbons (Fsp3) is 0.750. The molecule has 5 heteroatoms. The number of hydrogen-bond donors (Lipinski definition) is 2. The van der Waals surface area contributed by atoms with Crippen LogP contribution in [0, 0.1) is 0 Å². The van der Waals surface area contributed by atoms with E-state index in [1.807, 2.05) is 0 Å². The molecule has 1 aromatic rings. The number of nitrogens with two attached hydrogens (primary N) is 1. The van der Waals surface area contributed by atoms with Gasteiger partial charge in [0.05, 0.1) is 12.7 Å². The Hall–Kier alpha value is -1.10. The average Bonchev–Trinajstić information content (AvgIpc) is 2.51. The van der Waals surface area contributed by atoms with E-state index in [1.165, 1.54) is 0 Å². The van der Waals surface area contributed by atoms with Crippen LogP contribution in [0.5, 0.6) is 0 Å². The van der Waals surface area contributed by atoms with Crippen molar-refractivity contribution in [3.05, 3.63) is 6.20 Å². The highest BCUT2D eigenvalue weighted by Gasteiger charge is 1.95. The summed E-state index contributed by atoms with van der Waals surface area (Å²) < 4.78 is 0. The zero-order valence-electron chi connectivity index (χ0n) is 7.69. The van der Waals surface area contributed by atoms with Gasteiger partial charge >= 0.3 is 0 Å². The van der Waals surface area contributed by atoms with E-state index >= 15 is 0 Å². The fourth-order valence-corrected chi connectivity index (χ4v) is 1.14. The van der Waals surface area contributed by atoms with Crippen LogP contribution in [0.25, 0.3) is 0 Å². The predicted molar refractivity (Wildman–Crippen MR) is 50.0 cm³/mol. The van der Waals surface area contributed by atoms with Crippen molar-refractivity contribution in [3.8, 4) is 0 Å². The number of anilines is 1. The van der Waals surface area contributed by atoms with Gasteiger partial charge in [0.2, 0.25) is 0 Å². The van der Waals surface area contributed by atoms with Crippen LogP contribution in [0.3, 0.4) is 0 Å². The van der Waals surface area contributed by atoms with Crippen molar-refractivity contribution in [3.63, 3.8) is 0 Å². The molecule has 1 aromatic heterocycles. The highest BCUT2D eigenvalue weighted by Crippen LogP contribution is 2.01. The lowest BCUT2D eigenvalue weighted by Gasteiger charge is -1.98. The third kappa shape index (κ3) is 3.89. The number of unbranched alkanes of at least 4 members (excludes halogenated alkanes) is 3. The van der Waals surface area contributed by atoms with Crippen molar-refractivity contribution in [1.82, 2.24) is 15.0 Å². The predicted octanol–water partition coefficient (Wildman–Crippen LogP) is 0.413. The van der Waals surface area contributed by atoms with Crippen LogP contribution in [-0.2, 0) is 6.54 Å². The van der Waals surface area contributed by atoms with Gasteiger partial charge in [-0.2, -0.15) is 9.90 Å². The molecule has 3 N–H and O–H groups in total. The molecule has 0 saturated carbocycles. The molecule has 0 fully saturated rings. The van der Waals surface area contributed by atoms with Gasteiger partial charge in [-0.1, -0.05) is 12.8 Å². The molecule has 13 heavy (non-hydrogen) atoms. The Bertz CT molecular complexity index is 236. The molecule has 0 aromatic carbocycles. The first kappa shape index (κ1) is 9.98.